The minimum absolute atomic E-state index is 0.00727. The number of rotatable bonds is 4. The fourth-order valence-electron chi connectivity index (χ4n) is 2.69. The van der Waals surface area contributed by atoms with Gasteiger partial charge in [-0.15, -0.1) is 11.8 Å². The SMILES string of the molecule is CS/C=C(/C)n1c(=O)n(Cc2ccccc2)c2ccccc21. The Balaban J connectivity index is 2.21. The molecule has 0 saturated heterocycles. The van der Waals surface area contributed by atoms with Crippen LogP contribution in [0.4, 0.5) is 0 Å². The highest BCUT2D eigenvalue weighted by Crippen LogP contribution is 2.19. The molecule has 112 valence electrons. The Morgan fingerprint density at radius 3 is 2.36 bits per heavy atom. The molecule has 0 aliphatic rings. The van der Waals surface area contributed by atoms with Crippen molar-refractivity contribution in [3.8, 4) is 0 Å². The molecule has 0 radical (unpaired) electrons. The first kappa shape index (κ1) is 14.7. The molecule has 0 aliphatic carbocycles. The van der Waals surface area contributed by atoms with Crippen LogP contribution in [0.1, 0.15) is 12.5 Å². The minimum Gasteiger partial charge on any atom is -0.287 e. The van der Waals surface area contributed by atoms with Gasteiger partial charge in [0.2, 0.25) is 0 Å². The number of aromatic nitrogens is 2. The van der Waals surface area contributed by atoms with Crippen molar-refractivity contribution in [1.82, 2.24) is 9.13 Å². The molecule has 0 amide bonds. The molecule has 2 aromatic carbocycles. The second-order valence-electron chi connectivity index (χ2n) is 5.17. The number of benzene rings is 2. The monoisotopic (exact) mass is 310 g/mol. The van der Waals surface area contributed by atoms with Crippen molar-refractivity contribution in [2.45, 2.75) is 13.5 Å². The average molecular weight is 310 g/mol. The molecule has 1 heterocycles. The Bertz CT molecular complexity index is 875. The number of nitrogens with zero attached hydrogens (tertiary/aromatic N) is 2. The van der Waals surface area contributed by atoms with E-state index in [-0.39, 0.29) is 5.69 Å². The normalized spacial score (nSPS) is 12.0. The molecule has 22 heavy (non-hydrogen) atoms. The van der Waals surface area contributed by atoms with Crippen LogP contribution in [0, 0.1) is 0 Å². The summed E-state index contributed by atoms with van der Waals surface area (Å²) in [7, 11) is 0. The number of hydrogen-bond acceptors (Lipinski definition) is 2. The maximum absolute atomic E-state index is 12.9. The first-order chi connectivity index (χ1) is 10.7. The first-order valence-electron chi connectivity index (χ1n) is 7.16. The summed E-state index contributed by atoms with van der Waals surface area (Å²) >= 11 is 1.60. The zero-order chi connectivity index (χ0) is 15.5. The fraction of sp³-hybridized carbons (Fsp3) is 0.167. The van der Waals surface area contributed by atoms with E-state index < -0.39 is 0 Å². The lowest BCUT2D eigenvalue weighted by atomic mass is 10.2. The van der Waals surface area contributed by atoms with Crippen LogP contribution in [0.15, 0.2) is 64.8 Å². The third kappa shape index (κ3) is 2.62. The molecule has 1 aromatic heterocycles. The van der Waals surface area contributed by atoms with E-state index in [0.29, 0.717) is 6.54 Å². The molecule has 0 unspecified atom stereocenters. The molecule has 0 atom stereocenters. The number of para-hydroxylation sites is 2. The molecule has 0 spiro atoms. The number of imidazole rings is 1. The van der Waals surface area contributed by atoms with Crippen molar-refractivity contribution >= 4 is 28.5 Å². The van der Waals surface area contributed by atoms with Gasteiger partial charge in [-0.1, -0.05) is 42.5 Å². The molecule has 3 nitrogen and oxygen atoms in total. The maximum Gasteiger partial charge on any atom is 0.333 e. The second kappa shape index (κ2) is 6.28. The van der Waals surface area contributed by atoms with E-state index in [0.717, 1.165) is 22.3 Å². The van der Waals surface area contributed by atoms with Crippen molar-refractivity contribution in [2.75, 3.05) is 6.26 Å². The van der Waals surface area contributed by atoms with Crippen molar-refractivity contribution in [3.63, 3.8) is 0 Å². The van der Waals surface area contributed by atoms with Gasteiger partial charge in [-0.2, -0.15) is 0 Å². The van der Waals surface area contributed by atoms with Crippen molar-refractivity contribution in [3.05, 3.63) is 76.1 Å². The topological polar surface area (TPSA) is 26.9 Å². The number of thioether (sulfide) groups is 1. The number of allylic oxidation sites excluding steroid dienone is 1. The molecule has 3 rings (SSSR count). The van der Waals surface area contributed by atoms with Crippen molar-refractivity contribution in [1.29, 1.82) is 0 Å². The molecule has 0 N–H and O–H groups in total. The molecule has 0 fully saturated rings. The van der Waals surface area contributed by atoms with Crippen molar-refractivity contribution in [2.24, 2.45) is 0 Å². The van der Waals surface area contributed by atoms with Gasteiger partial charge >= 0.3 is 5.69 Å². The van der Waals surface area contributed by atoms with Crippen LogP contribution in [-0.4, -0.2) is 15.4 Å². The van der Waals surface area contributed by atoms with Crippen LogP contribution < -0.4 is 5.69 Å². The molecular weight excluding hydrogens is 292 g/mol. The Hall–Kier alpha value is -2.20. The summed E-state index contributed by atoms with van der Waals surface area (Å²) in [5, 5.41) is 2.00. The molecule has 0 bridgehead atoms. The van der Waals surface area contributed by atoms with Gasteiger partial charge in [0.15, 0.2) is 0 Å². The zero-order valence-corrected chi connectivity index (χ0v) is 13.5. The lowest BCUT2D eigenvalue weighted by Gasteiger charge is -2.03. The highest BCUT2D eigenvalue weighted by atomic mass is 32.2. The third-order valence-corrected chi connectivity index (χ3v) is 4.24. The van der Waals surface area contributed by atoms with E-state index in [1.807, 2.05) is 77.8 Å². The summed E-state index contributed by atoms with van der Waals surface area (Å²) < 4.78 is 3.62. The standard InChI is InChI=1S/C18H18N2OS/c1-14(13-22-2)20-17-11-7-6-10-16(17)19(18(20)21)12-15-8-4-3-5-9-15/h3-11,13H,12H2,1-2H3/b14-13-. The van der Waals surface area contributed by atoms with Crippen LogP contribution in [0.5, 0.6) is 0 Å². The van der Waals surface area contributed by atoms with E-state index in [9.17, 15) is 4.79 Å². The van der Waals surface area contributed by atoms with Gasteiger partial charge in [0.1, 0.15) is 0 Å². The molecule has 4 heteroatoms. The number of fused-ring (bicyclic) bond motifs is 1. The van der Waals surface area contributed by atoms with E-state index in [1.54, 1.807) is 16.3 Å². The smallest absolute Gasteiger partial charge is 0.287 e. The van der Waals surface area contributed by atoms with Crippen LogP contribution in [0.25, 0.3) is 16.7 Å². The maximum atomic E-state index is 12.9. The largest absolute Gasteiger partial charge is 0.333 e. The predicted octanol–water partition coefficient (Wildman–Crippen LogP) is 4.03. The summed E-state index contributed by atoms with van der Waals surface area (Å²) in [5.74, 6) is 0. The van der Waals surface area contributed by atoms with Gasteiger partial charge in [-0.25, -0.2) is 4.79 Å². The summed E-state index contributed by atoms with van der Waals surface area (Å²) in [5.41, 5.74) is 3.99. The quantitative estimate of drug-likeness (QED) is 0.727. The molecule has 0 saturated carbocycles. The van der Waals surface area contributed by atoms with E-state index in [2.05, 4.69) is 0 Å². The van der Waals surface area contributed by atoms with E-state index in [4.69, 9.17) is 0 Å². The van der Waals surface area contributed by atoms with E-state index >= 15 is 0 Å². The lowest BCUT2D eigenvalue weighted by Crippen LogP contribution is -2.23. The Kier molecular flexibility index (Phi) is 4.20. The van der Waals surface area contributed by atoms with Crippen LogP contribution in [0.2, 0.25) is 0 Å². The second-order valence-corrected chi connectivity index (χ2v) is 5.88. The van der Waals surface area contributed by atoms with Crippen LogP contribution in [0.3, 0.4) is 0 Å². The average Bonchev–Trinajstić information content (AvgIpc) is 2.81. The Labute approximate surface area is 133 Å². The predicted molar refractivity (Wildman–Crippen MR) is 95.2 cm³/mol. The lowest BCUT2D eigenvalue weighted by molar-refractivity contribution is 0.766. The van der Waals surface area contributed by atoms with Gasteiger partial charge in [-0.05, 0) is 36.3 Å². The Morgan fingerprint density at radius 1 is 1.05 bits per heavy atom. The van der Waals surface area contributed by atoms with Gasteiger partial charge in [0, 0.05) is 5.70 Å². The van der Waals surface area contributed by atoms with E-state index in [1.165, 1.54) is 0 Å². The zero-order valence-electron chi connectivity index (χ0n) is 12.7. The first-order valence-corrected chi connectivity index (χ1v) is 8.45. The van der Waals surface area contributed by atoms with Crippen LogP contribution in [-0.2, 0) is 6.54 Å². The summed E-state index contributed by atoms with van der Waals surface area (Å²) in [6, 6.07) is 18.0. The summed E-state index contributed by atoms with van der Waals surface area (Å²) in [6.07, 6.45) is 2.00. The van der Waals surface area contributed by atoms with Crippen molar-refractivity contribution < 1.29 is 0 Å². The highest BCUT2D eigenvalue weighted by Gasteiger charge is 2.13. The molecule has 0 aliphatic heterocycles. The number of hydrogen-bond donors (Lipinski definition) is 0. The molecule has 3 aromatic rings. The third-order valence-electron chi connectivity index (χ3n) is 3.66. The van der Waals surface area contributed by atoms with Gasteiger partial charge in [0.05, 0.1) is 17.6 Å². The summed E-state index contributed by atoms with van der Waals surface area (Å²) in [6.45, 7) is 2.55. The van der Waals surface area contributed by atoms with Gasteiger partial charge in [0.25, 0.3) is 0 Å². The highest BCUT2D eigenvalue weighted by molar-refractivity contribution is 8.01. The van der Waals surface area contributed by atoms with Gasteiger partial charge < -0.3 is 0 Å². The molecular formula is C18H18N2OS. The Morgan fingerprint density at radius 2 is 1.68 bits per heavy atom. The fourth-order valence-corrected chi connectivity index (χ4v) is 3.14. The van der Waals surface area contributed by atoms with Gasteiger partial charge in [-0.3, -0.25) is 9.13 Å². The van der Waals surface area contributed by atoms with Crippen LogP contribution >= 0.6 is 11.8 Å². The minimum atomic E-state index is 0.00727. The summed E-state index contributed by atoms with van der Waals surface area (Å²) in [4.78, 5) is 12.9.